The van der Waals surface area contributed by atoms with Crippen LogP contribution in [0.5, 0.6) is 0 Å². The first kappa shape index (κ1) is 9.50. The number of nitrogens with two attached hydrogens (primary N) is 1. The van der Waals surface area contributed by atoms with Gasteiger partial charge in [0.05, 0.1) is 6.07 Å². The summed E-state index contributed by atoms with van der Waals surface area (Å²) < 4.78 is 0. The van der Waals surface area contributed by atoms with Gasteiger partial charge in [-0.3, -0.25) is 0 Å². The number of allylic oxidation sites excluding steroid dienone is 1. The smallest absolute Gasteiger partial charge is 0.330 e. The maximum atomic E-state index is 10.0. The van der Waals surface area contributed by atoms with Crippen LogP contribution in [-0.4, -0.2) is 11.1 Å². The molecule has 0 heterocycles. The first-order valence-corrected chi connectivity index (χ1v) is 3.22. The number of carbonyl (C=O) groups is 1. The molecule has 0 saturated heterocycles. The van der Waals surface area contributed by atoms with Crippen LogP contribution in [0.1, 0.15) is 19.3 Å². The van der Waals surface area contributed by atoms with Crippen molar-refractivity contribution >= 4 is 5.97 Å². The lowest BCUT2D eigenvalue weighted by Crippen LogP contribution is -2.01. The molecule has 60 valence electrons. The van der Waals surface area contributed by atoms with Crippen LogP contribution in [-0.2, 0) is 4.79 Å². The summed E-state index contributed by atoms with van der Waals surface area (Å²) >= 11 is 0. The molecule has 0 saturated carbocycles. The van der Waals surface area contributed by atoms with Gasteiger partial charge < -0.3 is 10.8 Å². The van der Waals surface area contributed by atoms with E-state index in [1.54, 1.807) is 0 Å². The average Bonchev–Trinajstić information content (AvgIpc) is 1.86. The number of hydrogen-bond donors (Lipinski definition) is 2. The van der Waals surface area contributed by atoms with Gasteiger partial charge in [-0.2, -0.15) is 5.26 Å². The Kier molecular flexibility index (Phi) is 4.58. The van der Waals surface area contributed by atoms with Gasteiger partial charge in [0.15, 0.2) is 0 Å². The summed E-state index contributed by atoms with van der Waals surface area (Å²) in [5.74, 6) is -1.04. The molecule has 0 aromatic carbocycles. The second-order valence-corrected chi connectivity index (χ2v) is 2.07. The molecule has 4 heteroatoms. The largest absolute Gasteiger partial charge is 0.478 e. The second kappa shape index (κ2) is 5.30. The van der Waals surface area contributed by atoms with Crippen LogP contribution in [0, 0.1) is 11.3 Å². The van der Waals surface area contributed by atoms with Gasteiger partial charge in [0, 0.05) is 18.2 Å². The average molecular weight is 154 g/mol. The van der Waals surface area contributed by atoms with Crippen molar-refractivity contribution in [2.75, 3.05) is 0 Å². The van der Waals surface area contributed by atoms with Crippen LogP contribution in [0.15, 0.2) is 11.8 Å². The monoisotopic (exact) mass is 154 g/mol. The molecule has 0 aromatic heterocycles. The standard InChI is InChI=1S/C7H10N2O2/c8-4-2-1-3-6(9)5-7(10)11/h5H,1-3,9H2,(H,10,11). The summed E-state index contributed by atoms with van der Waals surface area (Å²) in [6.07, 6.45) is 2.46. The number of hydrogen-bond acceptors (Lipinski definition) is 3. The molecule has 0 rings (SSSR count). The Bertz CT molecular complexity index is 203. The van der Waals surface area contributed by atoms with Crippen molar-refractivity contribution in [2.24, 2.45) is 5.73 Å². The number of rotatable bonds is 4. The Morgan fingerprint density at radius 1 is 1.73 bits per heavy atom. The molecule has 0 aliphatic carbocycles. The molecule has 0 radical (unpaired) electrons. The fourth-order valence-electron chi connectivity index (χ4n) is 0.602. The maximum absolute atomic E-state index is 10.0. The van der Waals surface area contributed by atoms with E-state index in [9.17, 15) is 4.79 Å². The highest BCUT2D eigenvalue weighted by molar-refractivity contribution is 5.80. The predicted octanol–water partition coefficient (Wildman–Crippen LogP) is 0.607. The summed E-state index contributed by atoms with van der Waals surface area (Å²) in [6.45, 7) is 0. The maximum Gasteiger partial charge on any atom is 0.330 e. The number of carboxylic acid groups (broad SMARTS) is 1. The van der Waals surface area contributed by atoms with E-state index in [2.05, 4.69) is 0 Å². The number of aliphatic carboxylic acids is 1. The molecule has 11 heavy (non-hydrogen) atoms. The zero-order valence-electron chi connectivity index (χ0n) is 6.08. The van der Waals surface area contributed by atoms with Gasteiger partial charge in [0.2, 0.25) is 0 Å². The Balaban J connectivity index is 3.61. The van der Waals surface area contributed by atoms with Crippen LogP contribution >= 0.6 is 0 Å². The van der Waals surface area contributed by atoms with Crippen molar-refractivity contribution in [3.63, 3.8) is 0 Å². The van der Waals surface area contributed by atoms with Crippen LogP contribution in [0.3, 0.4) is 0 Å². The molecule has 0 fully saturated rings. The molecule has 0 bridgehead atoms. The molecule has 0 atom stereocenters. The Morgan fingerprint density at radius 2 is 2.36 bits per heavy atom. The fraction of sp³-hybridized carbons (Fsp3) is 0.429. The highest BCUT2D eigenvalue weighted by Crippen LogP contribution is 2.00. The normalized spacial score (nSPS) is 10.6. The third-order valence-electron chi connectivity index (χ3n) is 1.06. The van der Waals surface area contributed by atoms with Gasteiger partial charge in [0.1, 0.15) is 0 Å². The number of unbranched alkanes of at least 4 members (excludes halogenated alkanes) is 1. The number of carboxylic acids is 1. The summed E-state index contributed by atoms with van der Waals surface area (Å²) in [4.78, 5) is 10.0. The van der Waals surface area contributed by atoms with E-state index < -0.39 is 5.97 Å². The van der Waals surface area contributed by atoms with Gasteiger partial charge in [0.25, 0.3) is 0 Å². The lowest BCUT2D eigenvalue weighted by Gasteiger charge is -1.94. The van der Waals surface area contributed by atoms with Crippen molar-refractivity contribution in [1.82, 2.24) is 0 Å². The van der Waals surface area contributed by atoms with Crippen molar-refractivity contribution < 1.29 is 9.90 Å². The minimum absolute atomic E-state index is 0.313. The first-order chi connectivity index (χ1) is 5.16. The molecule has 0 aromatic rings. The van der Waals surface area contributed by atoms with E-state index in [4.69, 9.17) is 16.1 Å². The summed E-state index contributed by atoms with van der Waals surface area (Å²) in [6, 6.07) is 1.95. The van der Waals surface area contributed by atoms with Gasteiger partial charge in [-0.05, 0) is 12.8 Å². The minimum atomic E-state index is -1.04. The van der Waals surface area contributed by atoms with E-state index in [0.717, 1.165) is 6.08 Å². The SMILES string of the molecule is N#CCCCC(N)=CC(=O)O. The molecule has 0 aliphatic heterocycles. The molecule has 0 amide bonds. The fourth-order valence-corrected chi connectivity index (χ4v) is 0.602. The Morgan fingerprint density at radius 3 is 2.82 bits per heavy atom. The van der Waals surface area contributed by atoms with E-state index >= 15 is 0 Å². The van der Waals surface area contributed by atoms with E-state index in [1.807, 2.05) is 6.07 Å². The molecule has 0 unspecified atom stereocenters. The summed E-state index contributed by atoms with van der Waals surface area (Å²) in [5.41, 5.74) is 5.60. The van der Waals surface area contributed by atoms with Crippen LogP contribution in [0.2, 0.25) is 0 Å². The number of nitrogens with zero attached hydrogens (tertiary/aromatic N) is 1. The van der Waals surface area contributed by atoms with Crippen molar-refractivity contribution in [3.05, 3.63) is 11.8 Å². The molecule has 0 spiro atoms. The van der Waals surface area contributed by atoms with Gasteiger partial charge >= 0.3 is 5.97 Å². The lowest BCUT2D eigenvalue weighted by atomic mass is 10.2. The number of nitriles is 1. The molecular formula is C7H10N2O2. The minimum Gasteiger partial charge on any atom is -0.478 e. The van der Waals surface area contributed by atoms with Crippen molar-refractivity contribution in [1.29, 1.82) is 5.26 Å². The van der Waals surface area contributed by atoms with Gasteiger partial charge in [-0.25, -0.2) is 4.79 Å². The van der Waals surface area contributed by atoms with Crippen LogP contribution in [0.4, 0.5) is 0 Å². The third-order valence-corrected chi connectivity index (χ3v) is 1.06. The highest BCUT2D eigenvalue weighted by atomic mass is 16.4. The topological polar surface area (TPSA) is 87.1 Å². The van der Waals surface area contributed by atoms with Gasteiger partial charge in [-0.1, -0.05) is 0 Å². The lowest BCUT2D eigenvalue weighted by molar-refractivity contribution is -0.131. The molecular weight excluding hydrogens is 144 g/mol. The zero-order chi connectivity index (χ0) is 8.69. The van der Waals surface area contributed by atoms with Crippen molar-refractivity contribution in [2.45, 2.75) is 19.3 Å². The quantitative estimate of drug-likeness (QED) is 0.458. The third kappa shape index (κ3) is 6.38. The summed E-state index contributed by atoms with van der Waals surface area (Å²) in [5, 5.41) is 16.4. The van der Waals surface area contributed by atoms with Gasteiger partial charge in [-0.15, -0.1) is 0 Å². The zero-order valence-corrected chi connectivity index (χ0v) is 6.08. The highest BCUT2D eigenvalue weighted by Gasteiger charge is 1.94. The van der Waals surface area contributed by atoms with Crippen molar-refractivity contribution in [3.8, 4) is 6.07 Å². The molecule has 4 nitrogen and oxygen atoms in total. The van der Waals surface area contributed by atoms with E-state index in [1.165, 1.54) is 0 Å². The van der Waals surface area contributed by atoms with E-state index in [-0.39, 0.29) is 0 Å². The first-order valence-electron chi connectivity index (χ1n) is 3.22. The predicted molar refractivity (Wildman–Crippen MR) is 39.4 cm³/mol. The summed E-state index contributed by atoms with van der Waals surface area (Å²) in [7, 11) is 0. The Hall–Kier alpha value is -1.50. The second-order valence-electron chi connectivity index (χ2n) is 2.07. The molecule has 0 aliphatic rings. The van der Waals surface area contributed by atoms with E-state index in [0.29, 0.717) is 25.0 Å². The Labute approximate surface area is 64.9 Å². The van der Waals surface area contributed by atoms with Crippen LogP contribution < -0.4 is 5.73 Å². The molecule has 3 N–H and O–H groups in total. The van der Waals surface area contributed by atoms with Crippen LogP contribution in [0.25, 0.3) is 0 Å².